The van der Waals surface area contributed by atoms with Gasteiger partial charge in [-0.25, -0.2) is 0 Å². The van der Waals surface area contributed by atoms with Crippen LogP contribution in [0.3, 0.4) is 0 Å². The van der Waals surface area contributed by atoms with Gasteiger partial charge in [-0.15, -0.1) is 0 Å². The highest BCUT2D eigenvalue weighted by Crippen LogP contribution is 2.26. The molecule has 1 N–H and O–H groups in total. The number of aromatic nitrogens is 1. The van der Waals surface area contributed by atoms with Crippen molar-refractivity contribution in [3.05, 3.63) is 65.7 Å². The van der Waals surface area contributed by atoms with E-state index in [1.807, 2.05) is 43.3 Å². The van der Waals surface area contributed by atoms with E-state index in [0.717, 1.165) is 16.5 Å². The number of hydrogen-bond donors (Lipinski definition) is 1. The van der Waals surface area contributed by atoms with Crippen molar-refractivity contribution in [2.75, 3.05) is 13.2 Å². The first-order valence-electron chi connectivity index (χ1n) is 7.48. The van der Waals surface area contributed by atoms with Crippen molar-refractivity contribution >= 4 is 16.9 Å². The summed E-state index contributed by atoms with van der Waals surface area (Å²) in [5.41, 5.74) is 2.42. The molecular weight excluding hydrogens is 292 g/mol. The fourth-order valence-corrected chi connectivity index (χ4v) is 2.61. The van der Waals surface area contributed by atoms with Gasteiger partial charge < -0.3 is 14.4 Å². The lowest BCUT2D eigenvalue weighted by molar-refractivity contribution is 0.0677. The number of aliphatic hydroxyl groups excluding tert-OH is 1. The maximum atomic E-state index is 12.8. The van der Waals surface area contributed by atoms with Gasteiger partial charge in [0.15, 0.2) is 5.76 Å². The zero-order chi connectivity index (χ0) is 16.2. The number of hydrogen-bond acceptors (Lipinski definition) is 4. The van der Waals surface area contributed by atoms with Gasteiger partial charge in [-0.3, -0.25) is 9.78 Å². The molecule has 0 fully saturated rings. The van der Waals surface area contributed by atoms with Crippen LogP contribution < -0.4 is 0 Å². The number of furan rings is 1. The summed E-state index contributed by atoms with van der Waals surface area (Å²) in [7, 11) is 0. The third-order valence-corrected chi connectivity index (χ3v) is 3.79. The van der Waals surface area contributed by atoms with Crippen LogP contribution in [0.5, 0.6) is 0 Å². The predicted octanol–water partition coefficient (Wildman–Crippen LogP) is 2.77. The first kappa shape index (κ1) is 15.2. The van der Waals surface area contributed by atoms with E-state index in [-0.39, 0.29) is 19.1 Å². The standard InChI is InChI=1S/C18H18N2O3/c1-13-15-6-2-3-7-16(15)23-17(13)18(22)20(9-10-21)12-14-5-4-8-19-11-14/h2-8,11,21H,9-10,12H2,1H3. The average molecular weight is 310 g/mol. The number of benzene rings is 1. The molecule has 3 aromatic rings. The zero-order valence-corrected chi connectivity index (χ0v) is 12.9. The van der Waals surface area contributed by atoms with Crippen LogP contribution in [-0.2, 0) is 6.54 Å². The molecule has 23 heavy (non-hydrogen) atoms. The number of para-hydroxylation sites is 1. The lowest BCUT2D eigenvalue weighted by atomic mass is 10.1. The normalized spacial score (nSPS) is 10.9. The molecule has 0 radical (unpaired) electrons. The number of amides is 1. The Morgan fingerprint density at radius 1 is 1.26 bits per heavy atom. The number of carbonyl (C=O) groups is 1. The van der Waals surface area contributed by atoms with Gasteiger partial charge in [0.1, 0.15) is 5.58 Å². The highest BCUT2D eigenvalue weighted by atomic mass is 16.3. The summed E-state index contributed by atoms with van der Waals surface area (Å²) in [6.07, 6.45) is 3.40. The highest BCUT2D eigenvalue weighted by Gasteiger charge is 2.23. The molecule has 5 nitrogen and oxygen atoms in total. The van der Waals surface area contributed by atoms with Crippen LogP contribution in [0.4, 0.5) is 0 Å². The van der Waals surface area contributed by atoms with E-state index in [4.69, 9.17) is 4.42 Å². The molecule has 2 aromatic heterocycles. The number of carbonyl (C=O) groups excluding carboxylic acids is 1. The predicted molar refractivity (Wildman–Crippen MR) is 87.0 cm³/mol. The Labute approximate surface area is 134 Å². The van der Waals surface area contributed by atoms with Gasteiger partial charge in [0.25, 0.3) is 5.91 Å². The molecule has 0 unspecified atom stereocenters. The molecule has 0 aliphatic heterocycles. The minimum Gasteiger partial charge on any atom is -0.451 e. The average Bonchev–Trinajstić information content (AvgIpc) is 2.92. The fraction of sp³-hybridized carbons (Fsp3) is 0.222. The number of pyridine rings is 1. The molecule has 0 aliphatic rings. The van der Waals surface area contributed by atoms with Gasteiger partial charge >= 0.3 is 0 Å². The third-order valence-electron chi connectivity index (χ3n) is 3.79. The number of rotatable bonds is 5. The van der Waals surface area contributed by atoms with Gasteiger partial charge in [-0.05, 0) is 24.6 Å². The number of nitrogens with zero attached hydrogens (tertiary/aromatic N) is 2. The van der Waals surface area contributed by atoms with Gasteiger partial charge in [-0.1, -0.05) is 24.3 Å². The van der Waals surface area contributed by atoms with Crippen molar-refractivity contribution in [1.29, 1.82) is 0 Å². The first-order valence-corrected chi connectivity index (χ1v) is 7.48. The summed E-state index contributed by atoms with van der Waals surface area (Å²) < 4.78 is 5.74. The number of fused-ring (bicyclic) bond motifs is 1. The van der Waals surface area contributed by atoms with Crippen molar-refractivity contribution in [3.8, 4) is 0 Å². The second-order valence-corrected chi connectivity index (χ2v) is 5.36. The highest BCUT2D eigenvalue weighted by molar-refractivity contribution is 5.98. The van der Waals surface area contributed by atoms with Crippen molar-refractivity contribution in [3.63, 3.8) is 0 Å². The van der Waals surface area contributed by atoms with Crippen LogP contribution in [0.2, 0.25) is 0 Å². The molecule has 0 atom stereocenters. The van der Waals surface area contributed by atoms with E-state index in [1.165, 1.54) is 0 Å². The molecule has 0 aliphatic carbocycles. The maximum absolute atomic E-state index is 12.8. The summed E-state index contributed by atoms with van der Waals surface area (Å²) >= 11 is 0. The molecule has 118 valence electrons. The van der Waals surface area contributed by atoms with Crippen LogP contribution in [0, 0.1) is 6.92 Å². The summed E-state index contributed by atoms with van der Waals surface area (Å²) in [5.74, 6) is 0.0974. The minimum atomic E-state index is -0.225. The lowest BCUT2D eigenvalue weighted by Gasteiger charge is -2.20. The fourth-order valence-electron chi connectivity index (χ4n) is 2.61. The van der Waals surface area contributed by atoms with E-state index in [9.17, 15) is 9.90 Å². The molecule has 0 saturated heterocycles. The Morgan fingerprint density at radius 3 is 2.78 bits per heavy atom. The van der Waals surface area contributed by atoms with Crippen molar-refractivity contribution in [2.24, 2.45) is 0 Å². The second kappa shape index (κ2) is 6.62. The Bertz CT molecular complexity index is 812. The van der Waals surface area contributed by atoms with E-state index < -0.39 is 0 Å². The number of aryl methyl sites for hydroxylation is 1. The van der Waals surface area contributed by atoms with E-state index in [0.29, 0.717) is 17.9 Å². The van der Waals surface area contributed by atoms with Gasteiger partial charge in [0.2, 0.25) is 0 Å². The van der Waals surface area contributed by atoms with Crippen LogP contribution in [0.25, 0.3) is 11.0 Å². The summed E-state index contributed by atoms with van der Waals surface area (Å²) in [5, 5.41) is 10.2. The molecule has 0 bridgehead atoms. The van der Waals surface area contributed by atoms with Crippen molar-refractivity contribution in [2.45, 2.75) is 13.5 Å². The number of aliphatic hydroxyl groups is 1. The van der Waals surface area contributed by atoms with Crippen molar-refractivity contribution in [1.82, 2.24) is 9.88 Å². The van der Waals surface area contributed by atoms with E-state index >= 15 is 0 Å². The van der Waals surface area contributed by atoms with Gasteiger partial charge in [0.05, 0.1) is 6.61 Å². The summed E-state index contributed by atoms with van der Waals surface area (Å²) in [6.45, 7) is 2.39. The third kappa shape index (κ3) is 3.10. The molecule has 3 rings (SSSR count). The van der Waals surface area contributed by atoms with E-state index in [1.54, 1.807) is 17.3 Å². The Balaban J connectivity index is 1.92. The van der Waals surface area contributed by atoms with Crippen molar-refractivity contribution < 1.29 is 14.3 Å². The summed E-state index contributed by atoms with van der Waals surface area (Å²) in [4.78, 5) is 18.5. The van der Waals surface area contributed by atoms with Crippen LogP contribution in [-0.4, -0.2) is 34.0 Å². The smallest absolute Gasteiger partial charge is 0.290 e. The monoisotopic (exact) mass is 310 g/mol. The Hall–Kier alpha value is -2.66. The lowest BCUT2D eigenvalue weighted by Crippen LogP contribution is -2.33. The van der Waals surface area contributed by atoms with Crippen LogP contribution >= 0.6 is 0 Å². The molecule has 5 heteroatoms. The van der Waals surface area contributed by atoms with Gasteiger partial charge in [0, 0.05) is 36.4 Å². The minimum absolute atomic E-state index is 0.106. The second-order valence-electron chi connectivity index (χ2n) is 5.36. The first-order chi connectivity index (χ1) is 11.2. The Morgan fingerprint density at radius 2 is 2.09 bits per heavy atom. The summed E-state index contributed by atoms with van der Waals surface area (Å²) in [6, 6.07) is 11.3. The quantitative estimate of drug-likeness (QED) is 0.787. The zero-order valence-electron chi connectivity index (χ0n) is 12.9. The van der Waals surface area contributed by atoms with Crippen LogP contribution in [0.15, 0.2) is 53.2 Å². The SMILES string of the molecule is Cc1c(C(=O)N(CCO)Cc2cccnc2)oc2ccccc12. The molecule has 1 amide bonds. The Kier molecular flexibility index (Phi) is 4.39. The molecule has 0 saturated carbocycles. The molecule has 0 spiro atoms. The van der Waals surface area contributed by atoms with Crippen LogP contribution in [0.1, 0.15) is 21.7 Å². The molecule has 2 heterocycles. The van der Waals surface area contributed by atoms with E-state index in [2.05, 4.69) is 4.98 Å². The maximum Gasteiger partial charge on any atom is 0.290 e. The van der Waals surface area contributed by atoms with Gasteiger partial charge in [-0.2, -0.15) is 0 Å². The largest absolute Gasteiger partial charge is 0.451 e. The molecule has 1 aromatic carbocycles. The topological polar surface area (TPSA) is 66.6 Å². The molecular formula is C18H18N2O3.